The summed E-state index contributed by atoms with van der Waals surface area (Å²) in [6.07, 6.45) is 2.34. The Morgan fingerprint density at radius 3 is 2.93 bits per heavy atom. The first-order valence-corrected chi connectivity index (χ1v) is 5.21. The molecule has 2 N–H and O–H groups in total. The van der Waals surface area contributed by atoms with Gasteiger partial charge in [0.25, 0.3) is 5.91 Å². The van der Waals surface area contributed by atoms with Gasteiger partial charge in [0.1, 0.15) is 5.69 Å². The fraction of sp³-hybridized carbons (Fsp3) is 0.400. The minimum atomic E-state index is -0.0698. The monoisotopic (exact) mass is 225 g/mol. The first-order chi connectivity index (χ1) is 7.16. The molecular formula is C10H12ClN3O. The Morgan fingerprint density at radius 1 is 1.60 bits per heavy atom. The van der Waals surface area contributed by atoms with Crippen molar-refractivity contribution in [2.24, 2.45) is 5.73 Å². The van der Waals surface area contributed by atoms with Crippen molar-refractivity contribution in [2.45, 2.75) is 12.5 Å². The van der Waals surface area contributed by atoms with Crippen molar-refractivity contribution in [1.82, 2.24) is 9.88 Å². The zero-order valence-electron chi connectivity index (χ0n) is 8.19. The van der Waals surface area contributed by atoms with E-state index >= 15 is 0 Å². The largest absolute Gasteiger partial charge is 0.336 e. The van der Waals surface area contributed by atoms with Gasteiger partial charge in [-0.2, -0.15) is 0 Å². The molecule has 1 saturated heterocycles. The molecule has 0 bridgehead atoms. The fourth-order valence-electron chi connectivity index (χ4n) is 1.64. The first-order valence-electron chi connectivity index (χ1n) is 4.83. The molecular weight excluding hydrogens is 214 g/mol. The van der Waals surface area contributed by atoms with E-state index in [1.807, 2.05) is 0 Å². The molecule has 0 aromatic carbocycles. The quantitative estimate of drug-likeness (QED) is 0.773. The second-order valence-corrected chi connectivity index (χ2v) is 4.10. The second kappa shape index (κ2) is 4.16. The highest BCUT2D eigenvalue weighted by atomic mass is 35.5. The molecule has 0 spiro atoms. The molecule has 0 aliphatic carbocycles. The molecule has 5 heteroatoms. The van der Waals surface area contributed by atoms with Gasteiger partial charge in [0.15, 0.2) is 0 Å². The molecule has 15 heavy (non-hydrogen) atoms. The Kier molecular flexibility index (Phi) is 2.88. The SMILES string of the molecule is NC1CCN(C(=O)c2ccc(Cl)cn2)C1. The summed E-state index contributed by atoms with van der Waals surface area (Å²) in [4.78, 5) is 17.6. The number of carbonyl (C=O) groups is 1. The van der Waals surface area contributed by atoms with Gasteiger partial charge in [-0.05, 0) is 18.6 Å². The number of hydrogen-bond acceptors (Lipinski definition) is 3. The Morgan fingerprint density at radius 2 is 2.40 bits per heavy atom. The number of aromatic nitrogens is 1. The fourth-order valence-corrected chi connectivity index (χ4v) is 1.75. The van der Waals surface area contributed by atoms with Crippen molar-refractivity contribution in [3.8, 4) is 0 Å². The van der Waals surface area contributed by atoms with Gasteiger partial charge in [-0.15, -0.1) is 0 Å². The van der Waals surface area contributed by atoms with E-state index in [-0.39, 0.29) is 11.9 Å². The minimum absolute atomic E-state index is 0.0698. The molecule has 80 valence electrons. The molecule has 1 aliphatic heterocycles. The molecule has 1 aromatic rings. The van der Waals surface area contributed by atoms with E-state index in [2.05, 4.69) is 4.98 Å². The van der Waals surface area contributed by atoms with Crippen molar-refractivity contribution in [2.75, 3.05) is 13.1 Å². The third-order valence-corrected chi connectivity index (χ3v) is 2.68. The lowest BCUT2D eigenvalue weighted by atomic mass is 10.3. The van der Waals surface area contributed by atoms with Crippen LogP contribution in [0, 0.1) is 0 Å². The molecule has 1 aromatic heterocycles. The summed E-state index contributed by atoms with van der Waals surface area (Å²) in [6, 6.07) is 3.40. The molecule has 0 saturated carbocycles. The molecule has 2 heterocycles. The maximum absolute atomic E-state index is 11.9. The standard InChI is InChI=1S/C10H12ClN3O/c11-7-1-2-9(13-5-7)10(15)14-4-3-8(12)6-14/h1-2,5,8H,3-4,6,12H2. The van der Waals surface area contributed by atoms with Crippen LogP contribution in [0.4, 0.5) is 0 Å². The van der Waals surface area contributed by atoms with Gasteiger partial charge in [0, 0.05) is 25.3 Å². The normalized spacial score (nSPS) is 20.7. The zero-order valence-corrected chi connectivity index (χ0v) is 8.94. The van der Waals surface area contributed by atoms with E-state index in [1.54, 1.807) is 17.0 Å². The van der Waals surface area contributed by atoms with Crippen LogP contribution >= 0.6 is 11.6 Å². The summed E-state index contributed by atoms with van der Waals surface area (Å²) in [5.41, 5.74) is 6.15. The third-order valence-electron chi connectivity index (χ3n) is 2.46. The van der Waals surface area contributed by atoms with E-state index in [1.165, 1.54) is 6.20 Å². The maximum Gasteiger partial charge on any atom is 0.272 e. The van der Waals surface area contributed by atoms with Gasteiger partial charge in [-0.1, -0.05) is 11.6 Å². The summed E-state index contributed by atoms with van der Waals surface area (Å²) < 4.78 is 0. The average Bonchev–Trinajstić information content (AvgIpc) is 2.65. The van der Waals surface area contributed by atoms with Gasteiger partial charge in [0.2, 0.25) is 0 Å². The molecule has 1 fully saturated rings. The number of nitrogens with zero attached hydrogens (tertiary/aromatic N) is 2. The van der Waals surface area contributed by atoms with E-state index < -0.39 is 0 Å². The average molecular weight is 226 g/mol. The molecule has 1 aliphatic rings. The van der Waals surface area contributed by atoms with Crippen LogP contribution in [-0.2, 0) is 0 Å². The van der Waals surface area contributed by atoms with Crippen molar-refractivity contribution in [3.63, 3.8) is 0 Å². The molecule has 0 radical (unpaired) electrons. The number of likely N-dealkylation sites (tertiary alicyclic amines) is 1. The molecule has 4 nitrogen and oxygen atoms in total. The summed E-state index contributed by atoms with van der Waals surface area (Å²) in [5.74, 6) is -0.0698. The van der Waals surface area contributed by atoms with Crippen LogP contribution in [0.5, 0.6) is 0 Å². The van der Waals surface area contributed by atoms with Gasteiger partial charge in [0.05, 0.1) is 5.02 Å². The Labute approximate surface area is 93.0 Å². The summed E-state index contributed by atoms with van der Waals surface area (Å²) in [6.45, 7) is 1.33. The van der Waals surface area contributed by atoms with Crippen LogP contribution in [0.1, 0.15) is 16.9 Å². The second-order valence-electron chi connectivity index (χ2n) is 3.66. The van der Waals surface area contributed by atoms with Gasteiger partial charge >= 0.3 is 0 Å². The van der Waals surface area contributed by atoms with Gasteiger partial charge in [-0.3, -0.25) is 4.79 Å². The van der Waals surface area contributed by atoms with Gasteiger partial charge in [-0.25, -0.2) is 4.98 Å². The van der Waals surface area contributed by atoms with E-state index in [4.69, 9.17) is 17.3 Å². The first kappa shape index (κ1) is 10.4. The van der Waals surface area contributed by atoms with Gasteiger partial charge < -0.3 is 10.6 Å². The number of rotatable bonds is 1. The Hall–Kier alpha value is -1.13. The third kappa shape index (κ3) is 2.27. The number of pyridine rings is 1. The summed E-state index contributed by atoms with van der Waals surface area (Å²) in [5, 5.41) is 0.532. The number of halogens is 1. The lowest BCUT2D eigenvalue weighted by molar-refractivity contribution is 0.0785. The minimum Gasteiger partial charge on any atom is -0.336 e. The van der Waals surface area contributed by atoms with Crippen LogP contribution in [0.15, 0.2) is 18.3 Å². The highest BCUT2D eigenvalue weighted by Crippen LogP contribution is 2.12. The van der Waals surface area contributed by atoms with Crippen LogP contribution < -0.4 is 5.73 Å². The highest BCUT2D eigenvalue weighted by Gasteiger charge is 2.24. The number of amides is 1. The lowest BCUT2D eigenvalue weighted by Gasteiger charge is -2.14. The van der Waals surface area contributed by atoms with Crippen molar-refractivity contribution in [3.05, 3.63) is 29.0 Å². The maximum atomic E-state index is 11.9. The van der Waals surface area contributed by atoms with Crippen LogP contribution in [0.2, 0.25) is 5.02 Å². The van der Waals surface area contributed by atoms with E-state index in [0.29, 0.717) is 23.8 Å². The Balaban J connectivity index is 2.11. The van der Waals surface area contributed by atoms with Crippen LogP contribution in [0.25, 0.3) is 0 Å². The van der Waals surface area contributed by atoms with E-state index in [0.717, 1.165) is 6.42 Å². The Bertz CT molecular complexity index is 365. The lowest BCUT2D eigenvalue weighted by Crippen LogP contribution is -2.32. The summed E-state index contributed by atoms with van der Waals surface area (Å²) in [7, 11) is 0. The van der Waals surface area contributed by atoms with Crippen LogP contribution in [-0.4, -0.2) is 34.9 Å². The van der Waals surface area contributed by atoms with Crippen molar-refractivity contribution >= 4 is 17.5 Å². The topological polar surface area (TPSA) is 59.2 Å². The summed E-state index contributed by atoms with van der Waals surface area (Å²) >= 11 is 5.69. The number of nitrogens with two attached hydrogens (primary N) is 1. The molecule has 1 unspecified atom stereocenters. The van der Waals surface area contributed by atoms with Crippen molar-refractivity contribution < 1.29 is 4.79 Å². The molecule has 1 amide bonds. The zero-order chi connectivity index (χ0) is 10.8. The molecule has 2 rings (SSSR count). The predicted octanol–water partition coefficient (Wildman–Crippen LogP) is 0.908. The molecule has 1 atom stereocenters. The number of carbonyl (C=O) groups excluding carboxylic acids is 1. The smallest absolute Gasteiger partial charge is 0.272 e. The number of hydrogen-bond donors (Lipinski definition) is 1. The van der Waals surface area contributed by atoms with Crippen LogP contribution in [0.3, 0.4) is 0 Å². The van der Waals surface area contributed by atoms with E-state index in [9.17, 15) is 4.79 Å². The highest BCUT2D eigenvalue weighted by molar-refractivity contribution is 6.30. The van der Waals surface area contributed by atoms with Crippen molar-refractivity contribution in [1.29, 1.82) is 0 Å². The predicted molar refractivity (Wildman–Crippen MR) is 57.7 cm³/mol.